The number of hydrogen-bond acceptors (Lipinski definition) is 4. The summed E-state index contributed by atoms with van der Waals surface area (Å²) in [5, 5.41) is 3.18. The number of benzene rings is 2. The molecule has 4 aliphatic rings. The third-order valence-corrected chi connectivity index (χ3v) is 7.17. The Morgan fingerprint density at radius 3 is 2.61 bits per heavy atom. The maximum absolute atomic E-state index is 12.9. The van der Waals surface area contributed by atoms with Crippen LogP contribution in [-0.4, -0.2) is 43.3 Å². The number of amides is 1. The Hall–Kier alpha value is -2.53. The molecule has 0 spiro atoms. The first-order chi connectivity index (χ1) is 14.9. The molecule has 2 atom stereocenters. The average molecular weight is 421 g/mol. The summed E-state index contributed by atoms with van der Waals surface area (Å²) < 4.78 is 12.0. The van der Waals surface area contributed by atoms with Crippen LogP contribution in [0, 0.1) is 18.3 Å². The highest BCUT2D eigenvalue weighted by atomic mass is 16.6. The van der Waals surface area contributed by atoms with Gasteiger partial charge in [0.1, 0.15) is 11.9 Å². The van der Waals surface area contributed by atoms with Crippen LogP contribution >= 0.6 is 0 Å². The van der Waals surface area contributed by atoms with Gasteiger partial charge in [0.05, 0.1) is 12.6 Å². The number of fused-ring (bicyclic) bond motifs is 4. The number of hydrogen-bond donors (Lipinski definition) is 1. The van der Waals surface area contributed by atoms with Gasteiger partial charge in [0, 0.05) is 17.5 Å². The molecule has 31 heavy (non-hydrogen) atoms. The van der Waals surface area contributed by atoms with Gasteiger partial charge in [0.25, 0.3) is 0 Å². The Bertz CT molecular complexity index is 978. The van der Waals surface area contributed by atoms with E-state index < -0.39 is 0 Å². The van der Waals surface area contributed by atoms with Gasteiger partial charge in [0.2, 0.25) is 0 Å². The van der Waals surface area contributed by atoms with E-state index in [1.165, 1.54) is 11.1 Å². The van der Waals surface area contributed by atoms with Crippen molar-refractivity contribution in [1.29, 1.82) is 0 Å². The topological polar surface area (TPSA) is 50.8 Å². The van der Waals surface area contributed by atoms with Crippen LogP contribution in [-0.2, 0) is 4.74 Å². The van der Waals surface area contributed by atoms with Gasteiger partial charge >= 0.3 is 6.09 Å². The molecule has 1 N–H and O–H groups in total. The molecule has 4 aliphatic heterocycles. The molecule has 1 amide bonds. The van der Waals surface area contributed by atoms with Crippen LogP contribution in [0.4, 0.5) is 4.79 Å². The molecular weight excluding hydrogens is 388 g/mol. The highest BCUT2D eigenvalue weighted by Crippen LogP contribution is 2.44. The summed E-state index contributed by atoms with van der Waals surface area (Å²) in [7, 11) is 0. The van der Waals surface area contributed by atoms with Gasteiger partial charge in [-0.15, -0.1) is 0 Å². The Morgan fingerprint density at radius 1 is 1.13 bits per heavy atom. The second kappa shape index (κ2) is 7.86. The number of nitrogens with zero attached hydrogens (tertiary/aromatic N) is 1. The predicted octanol–water partition coefficient (Wildman–Crippen LogP) is 4.94. The Morgan fingerprint density at radius 2 is 1.90 bits per heavy atom. The van der Waals surface area contributed by atoms with Gasteiger partial charge in [-0.3, -0.25) is 4.90 Å². The van der Waals surface area contributed by atoms with Crippen LogP contribution in [0.5, 0.6) is 5.75 Å². The molecule has 5 heteroatoms. The maximum atomic E-state index is 12.9. The molecule has 6 rings (SSSR count). The summed E-state index contributed by atoms with van der Waals surface area (Å²) in [6.45, 7) is 10.0. The summed E-state index contributed by atoms with van der Waals surface area (Å²) in [4.78, 5) is 15.3. The molecule has 0 radical (unpaired) electrons. The molecule has 1 unspecified atom stereocenters. The third kappa shape index (κ3) is 4.03. The van der Waals surface area contributed by atoms with Gasteiger partial charge < -0.3 is 14.8 Å². The van der Waals surface area contributed by atoms with Crippen molar-refractivity contribution in [3.63, 3.8) is 0 Å². The van der Waals surface area contributed by atoms with Crippen molar-refractivity contribution in [2.75, 3.05) is 26.2 Å². The minimum Gasteiger partial charge on any atom is -0.493 e. The molecule has 2 aromatic rings. The largest absolute Gasteiger partial charge is 0.493 e. The fourth-order valence-corrected chi connectivity index (χ4v) is 5.28. The Kier molecular flexibility index (Phi) is 5.17. The number of rotatable bonds is 3. The first kappa shape index (κ1) is 20.4. The molecular formula is C26H32N2O3. The van der Waals surface area contributed by atoms with Crippen LogP contribution in [0.1, 0.15) is 43.9 Å². The molecule has 3 fully saturated rings. The normalized spacial score (nSPS) is 28.4. The van der Waals surface area contributed by atoms with Crippen LogP contribution in [0.25, 0.3) is 11.1 Å². The Labute approximate surface area is 184 Å². The monoisotopic (exact) mass is 420 g/mol. The summed E-state index contributed by atoms with van der Waals surface area (Å²) in [5.41, 5.74) is 4.30. The van der Waals surface area contributed by atoms with E-state index in [2.05, 4.69) is 73.5 Å². The van der Waals surface area contributed by atoms with Crippen molar-refractivity contribution in [2.45, 2.75) is 45.8 Å². The minimum absolute atomic E-state index is 0.00798. The number of aryl methyl sites for hydroxylation is 1. The first-order valence-corrected chi connectivity index (χ1v) is 11.4. The molecule has 5 nitrogen and oxygen atoms in total. The van der Waals surface area contributed by atoms with E-state index in [1.807, 2.05) is 0 Å². The van der Waals surface area contributed by atoms with Crippen molar-refractivity contribution >= 4 is 6.09 Å². The summed E-state index contributed by atoms with van der Waals surface area (Å²) in [5.74, 6) is 1.34. The zero-order valence-electron chi connectivity index (χ0n) is 18.7. The van der Waals surface area contributed by atoms with Gasteiger partial charge in [-0.2, -0.15) is 0 Å². The first-order valence-electron chi connectivity index (χ1n) is 11.4. The number of alkyl carbamates (subject to hydrolysis) is 1. The minimum atomic E-state index is -0.313. The Balaban J connectivity index is 1.35. The fourth-order valence-electron chi connectivity index (χ4n) is 5.28. The average Bonchev–Trinajstić information content (AvgIpc) is 2.76. The van der Waals surface area contributed by atoms with Gasteiger partial charge in [-0.1, -0.05) is 55.8 Å². The molecule has 2 aromatic carbocycles. The highest BCUT2D eigenvalue weighted by molar-refractivity contribution is 5.70. The summed E-state index contributed by atoms with van der Waals surface area (Å²) in [6, 6.07) is 14.6. The van der Waals surface area contributed by atoms with Crippen LogP contribution < -0.4 is 10.1 Å². The van der Waals surface area contributed by atoms with Crippen LogP contribution in [0.3, 0.4) is 0 Å². The van der Waals surface area contributed by atoms with E-state index in [9.17, 15) is 4.79 Å². The van der Waals surface area contributed by atoms with Gasteiger partial charge in [-0.05, 0) is 56.0 Å². The van der Waals surface area contributed by atoms with Crippen molar-refractivity contribution in [1.82, 2.24) is 10.2 Å². The van der Waals surface area contributed by atoms with E-state index in [4.69, 9.17) is 9.47 Å². The lowest BCUT2D eigenvalue weighted by Gasteiger charge is -2.44. The zero-order chi connectivity index (χ0) is 21.6. The number of carbonyl (C=O) groups is 1. The quantitative estimate of drug-likeness (QED) is 0.764. The van der Waals surface area contributed by atoms with Crippen LogP contribution in [0.15, 0.2) is 42.5 Å². The van der Waals surface area contributed by atoms with E-state index in [0.29, 0.717) is 12.5 Å². The van der Waals surface area contributed by atoms with Crippen molar-refractivity contribution in [3.05, 3.63) is 53.6 Å². The molecule has 2 bridgehead atoms. The second-order valence-electron chi connectivity index (χ2n) is 10.1. The van der Waals surface area contributed by atoms with Crippen molar-refractivity contribution in [2.24, 2.45) is 11.3 Å². The number of ether oxygens (including phenoxy) is 2. The smallest absolute Gasteiger partial charge is 0.407 e. The lowest BCUT2D eigenvalue weighted by molar-refractivity contribution is -0.0361. The van der Waals surface area contributed by atoms with Gasteiger partial charge in [-0.25, -0.2) is 4.79 Å². The lowest BCUT2D eigenvalue weighted by Crippen LogP contribution is -2.53. The van der Waals surface area contributed by atoms with E-state index >= 15 is 0 Å². The van der Waals surface area contributed by atoms with E-state index in [-0.39, 0.29) is 23.7 Å². The lowest BCUT2D eigenvalue weighted by atomic mass is 9.78. The molecule has 4 heterocycles. The van der Waals surface area contributed by atoms with E-state index in [0.717, 1.165) is 49.4 Å². The number of carbonyl (C=O) groups excluding carboxylic acids is 1. The van der Waals surface area contributed by atoms with Crippen molar-refractivity contribution in [3.8, 4) is 16.9 Å². The summed E-state index contributed by atoms with van der Waals surface area (Å²) >= 11 is 0. The maximum Gasteiger partial charge on any atom is 0.407 e. The number of nitrogens with one attached hydrogen (secondary N) is 1. The molecule has 0 aliphatic carbocycles. The third-order valence-electron chi connectivity index (χ3n) is 7.17. The number of piperidine rings is 3. The van der Waals surface area contributed by atoms with Gasteiger partial charge in [0.15, 0.2) is 0 Å². The zero-order valence-corrected chi connectivity index (χ0v) is 18.7. The molecule has 0 saturated carbocycles. The highest BCUT2D eigenvalue weighted by Gasteiger charge is 2.41. The van der Waals surface area contributed by atoms with E-state index in [1.54, 1.807) is 0 Å². The molecule has 164 valence electrons. The van der Waals surface area contributed by atoms with Crippen molar-refractivity contribution < 1.29 is 14.3 Å². The van der Waals surface area contributed by atoms with Crippen LogP contribution in [0.2, 0.25) is 0 Å². The molecule has 3 saturated heterocycles. The second-order valence-corrected chi connectivity index (χ2v) is 10.1. The predicted molar refractivity (Wildman–Crippen MR) is 121 cm³/mol. The SMILES string of the molecule is Cc1cccc(-c2ccc3c(c2)OCC(C)(C)C3NC(=O)O[C@H]2CN3CCC2CC3)c1. The standard InChI is InChI=1S/C26H32N2O3/c1-17-5-4-6-19(13-17)20-7-8-21-22(14-20)30-16-26(2,3)24(21)27-25(29)31-23-15-28-11-9-18(23)10-12-28/h4-8,13-14,18,23-24H,9-12,15-16H2,1-3H3,(H,27,29)/t23-,24?/m0/s1. The summed E-state index contributed by atoms with van der Waals surface area (Å²) in [6.07, 6.45) is 1.96. The molecule has 0 aromatic heterocycles. The fraction of sp³-hybridized carbons (Fsp3) is 0.500.